The number of aromatic amines is 1. The van der Waals surface area contributed by atoms with Gasteiger partial charge in [-0.05, 0) is 43.0 Å². The van der Waals surface area contributed by atoms with E-state index >= 15 is 0 Å². The number of para-hydroxylation sites is 1. The van der Waals surface area contributed by atoms with Gasteiger partial charge in [-0.3, -0.25) is 9.36 Å². The topological polar surface area (TPSA) is 84.8 Å². The number of H-pyrrole nitrogens is 1. The van der Waals surface area contributed by atoms with Crippen molar-refractivity contribution in [1.29, 1.82) is 0 Å². The summed E-state index contributed by atoms with van der Waals surface area (Å²) in [6, 6.07) is 15.8. The number of benzene rings is 2. The van der Waals surface area contributed by atoms with E-state index < -0.39 is 0 Å². The van der Waals surface area contributed by atoms with Crippen molar-refractivity contribution in [1.82, 2.24) is 25.1 Å². The van der Waals surface area contributed by atoms with Crippen LogP contribution in [0.25, 0.3) is 16.6 Å². The SMILES string of the molecule is O=C(COc1cccc(-n2cnnc2)c1)NC1CCCc2c1[nH]c1ccccc21. The lowest BCUT2D eigenvalue weighted by Gasteiger charge is -2.24. The number of nitrogens with one attached hydrogen (secondary N) is 2. The van der Waals surface area contributed by atoms with E-state index in [1.165, 1.54) is 10.9 Å². The second kappa shape index (κ2) is 7.43. The summed E-state index contributed by atoms with van der Waals surface area (Å²) in [6.45, 7) is -0.0301. The van der Waals surface area contributed by atoms with Gasteiger partial charge in [0.2, 0.25) is 0 Å². The molecule has 1 unspecified atom stereocenters. The molecule has 0 spiro atoms. The summed E-state index contributed by atoms with van der Waals surface area (Å²) in [6.07, 6.45) is 6.26. The zero-order valence-electron chi connectivity index (χ0n) is 15.8. The van der Waals surface area contributed by atoms with Crippen LogP contribution in [0.2, 0.25) is 0 Å². The average molecular weight is 387 g/mol. The summed E-state index contributed by atoms with van der Waals surface area (Å²) in [5, 5.41) is 12.0. The molecule has 1 atom stereocenters. The first-order chi connectivity index (χ1) is 14.3. The zero-order valence-corrected chi connectivity index (χ0v) is 15.8. The van der Waals surface area contributed by atoms with Crippen molar-refractivity contribution in [2.75, 3.05) is 6.61 Å². The fourth-order valence-corrected chi connectivity index (χ4v) is 4.01. The first-order valence-corrected chi connectivity index (χ1v) is 9.74. The molecule has 7 nitrogen and oxygen atoms in total. The van der Waals surface area contributed by atoms with Crippen LogP contribution in [0.3, 0.4) is 0 Å². The number of nitrogens with zero attached hydrogens (tertiary/aromatic N) is 3. The van der Waals surface area contributed by atoms with Gasteiger partial charge in [0.25, 0.3) is 5.91 Å². The molecule has 2 aromatic heterocycles. The Bertz CT molecular complexity index is 1150. The van der Waals surface area contributed by atoms with E-state index in [4.69, 9.17) is 4.74 Å². The zero-order chi connectivity index (χ0) is 19.6. The maximum Gasteiger partial charge on any atom is 0.258 e. The highest BCUT2D eigenvalue weighted by Gasteiger charge is 2.25. The Labute approximate surface area is 167 Å². The molecule has 1 amide bonds. The second-order valence-electron chi connectivity index (χ2n) is 7.23. The predicted molar refractivity (Wildman–Crippen MR) is 109 cm³/mol. The van der Waals surface area contributed by atoms with Gasteiger partial charge in [0.1, 0.15) is 18.4 Å². The molecule has 146 valence electrons. The molecule has 0 radical (unpaired) electrons. The molecule has 29 heavy (non-hydrogen) atoms. The van der Waals surface area contributed by atoms with E-state index in [1.807, 2.05) is 30.3 Å². The highest BCUT2D eigenvalue weighted by molar-refractivity contribution is 5.85. The molecule has 5 rings (SSSR count). The van der Waals surface area contributed by atoms with E-state index in [-0.39, 0.29) is 18.6 Å². The van der Waals surface area contributed by atoms with Crippen molar-refractivity contribution in [2.24, 2.45) is 0 Å². The number of amides is 1. The van der Waals surface area contributed by atoms with Crippen LogP contribution in [-0.4, -0.2) is 32.3 Å². The van der Waals surface area contributed by atoms with Crippen LogP contribution in [0.15, 0.2) is 61.2 Å². The van der Waals surface area contributed by atoms with E-state index in [0.29, 0.717) is 5.75 Å². The fraction of sp³-hybridized carbons (Fsp3) is 0.227. The number of hydrogen-bond acceptors (Lipinski definition) is 4. The van der Waals surface area contributed by atoms with Crippen molar-refractivity contribution in [3.63, 3.8) is 0 Å². The second-order valence-corrected chi connectivity index (χ2v) is 7.23. The van der Waals surface area contributed by atoms with Gasteiger partial charge in [0, 0.05) is 22.7 Å². The third-order valence-corrected chi connectivity index (χ3v) is 5.35. The highest BCUT2D eigenvalue weighted by Crippen LogP contribution is 2.34. The van der Waals surface area contributed by atoms with Gasteiger partial charge in [0.05, 0.1) is 11.7 Å². The van der Waals surface area contributed by atoms with Crippen LogP contribution >= 0.6 is 0 Å². The van der Waals surface area contributed by atoms with Crippen LogP contribution in [-0.2, 0) is 11.2 Å². The van der Waals surface area contributed by atoms with Gasteiger partial charge in [0.15, 0.2) is 6.61 Å². The Morgan fingerprint density at radius 1 is 1.17 bits per heavy atom. The normalized spacial score (nSPS) is 15.8. The summed E-state index contributed by atoms with van der Waals surface area (Å²) in [5.74, 6) is 0.498. The highest BCUT2D eigenvalue weighted by atomic mass is 16.5. The number of rotatable bonds is 5. The Morgan fingerprint density at radius 3 is 2.93 bits per heavy atom. The smallest absolute Gasteiger partial charge is 0.258 e. The van der Waals surface area contributed by atoms with E-state index in [0.717, 1.165) is 36.2 Å². The van der Waals surface area contributed by atoms with Crippen LogP contribution in [0.1, 0.15) is 30.1 Å². The molecular formula is C22H21N5O2. The summed E-state index contributed by atoms with van der Waals surface area (Å²) < 4.78 is 7.50. The number of aromatic nitrogens is 4. The number of carbonyl (C=O) groups excluding carboxylic acids is 1. The maximum atomic E-state index is 12.5. The number of carbonyl (C=O) groups is 1. The number of fused-ring (bicyclic) bond motifs is 3. The molecule has 7 heteroatoms. The predicted octanol–water partition coefficient (Wildman–Crippen LogP) is 3.32. The minimum Gasteiger partial charge on any atom is -0.484 e. The molecule has 0 saturated carbocycles. The largest absolute Gasteiger partial charge is 0.484 e. The van der Waals surface area contributed by atoms with Gasteiger partial charge < -0.3 is 15.0 Å². The standard InChI is InChI=1S/C22H21N5O2/c28-21(12-29-16-6-3-5-15(11-16)27-13-23-24-14-27)25-20-10-4-8-18-17-7-1-2-9-19(17)26-22(18)20/h1-3,5-7,9,11,13-14,20,26H,4,8,10,12H2,(H,25,28). The molecule has 1 aliphatic rings. The van der Waals surface area contributed by atoms with E-state index in [9.17, 15) is 4.79 Å². The minimum absolute atomic E-state index is 0.00870. The van der Waals surface area contributed by atoms with Crippen molar-refractivity contribution in [2.45, 2.75) is 25.3 Å². The summed E-state index contributed by atoms with van der Waals surface area (Å²) in [5.41, 5.74) is 4.45. The van der Waals surface area contributed by atoms with Crippen LogP contribution in [0.5, 0.6) is 5.75 Å². The van der Waals surface area contributed by atoms with Crippen molar-refractivity contribution in [3.8, 4) is 11.4 Å². The third kappa shape index (κ3) is 3.47. The van der Waals surface area contributed by atoms with Gasteiger partial charge in [-0.1, -0.05) is 24.3 Å². The Kier molecular flexibility index (Phi) is 4.48. The monoisotopic (exact) mass is 387 g/mol. The summed E-state index contributed by atoms with van der Waals surface area (Å²) >= 11 is 0. The molecular weight excluding hydrogens is 366 g/mol. The quantitative estimate of drug-likeness (QED) is 0.550. The molecule has 2 N–H and O–H groups in total. The molecule has 2 aromatic carbocycles. The fourth-order valence-electron chi connectivity index (χ4n) is 4.01. The van der Waals surface area contributed by atoms with Crippen molar-refractivity contribution in [3.05, 3.63) is 72.4 Å². The summed E-state index contributed by atoms with van der Waals surface area (Å²) in [7, 11) is 0. The molecule has 0 aliphatic heterocycles. The first-order valence-electron chi connectivity index (χ1n) is 9.74. The average Bonchev–Trinajstić information content (AvgIpc) is 3.41. The van der Waals surface area contributed by atoms with Crippen LogP contribution in [0, 0.1) is 0 Å². The molecule has 4 aromatic rings. The molecule has 0 saturated heterocycles. The van der Waals surface area contributed by atoms with E-state index in [2.05, 4.69) is 38.7 Å². The maximum absolute atomic E-state index is 12.5. The minimum atomic E-state index is -0.129. The lowest BCUT2D eigenvalue weighted by atomic mass is 9.91. The molecule has 0 bridgehead atoms. The van der Waals surface area contributed by atoms with Crippen LogP contribution < -0.4 is 10.1 Å². The summed E-state index contributed by atoms with van der Waals surface area (Å²) in [4.78, 5) is 16.0. The van der Waals surface area contributed by atoms with Crippen molar-refractivity contribution >= 4 is 16.8 Å². The Morgan fingerprint density at radius 2 is 2.03 bits per heavy atom. The Hall–Kier alpha value is -3.61. The van der Waals surface area contributed by atoms with Gasteiger partial charge >= 0.3 is 0 Å². The number of aryl methyl sites for hydroxylation is 1. The van der Waals surface area contributed by atoms with Gasteiger partial charge in [-0.15, -0.1) is 10.2 Å². The lowest BCUT2D eigenvalue weighted by molar-refractivity contribution is -0.124. The Balaban J connectivity index is 1.26. The number of ether oxygens (including phenoxy) is 1. The molecule has 2 heterocycles. The molecule has 0 fully saturated rings. The lowest BCUT2D eigenvalue weighted by Crippen LogP contribution is -2.34. The van der Waals surface area contributed by atoms with Gasteiger partial charge in [-0.2, -0.15) is 0 Å². The van der Waals surface area contributed by atoms with Crippen LogP contribution in [0.4, 0.5) is 0 Å². The number of hydrogen-bond donors (Lipinski definition) is 2. The van der Waals surface area contributed by atoms with Crippen molar-refractivity contribution < 1.29 is 9.53 Å². The van der Waals surface area contributed by atoms with E-state index in [1.54, 1.807) is 17.2 Å². The van der Waals surface area contributed by atoms with Gasteiger partial charge in [-0.25, -0.2) is 0 Å². The molecule has 1 aliphatic carbocycles. The third-order valence-electron chi connectivity index (χ3n) is 5.35. The first kappa shape index (κ1) is 17.5.